The number of nitrogen functional groups attached to an aromatic ring is 1. The van der Waals surface area contributed by atoms with Gasteiger partial charge >= 0.3 is 0 Å². The van der Waals surface area contributed by atoms with Crippen LogP contribution in [-0.4, -0.2) is 75.0 Å². The third-order valence-electron chi connectivity index (χ3n) is 7.28. The Labute approximate surface area is 211 Å². The summed E-state index contributed by atoms with van der Waals surface area (Å²) in [5.74, 6) is -0.105. The van der Waals surface area contributed by atoms with Gasteiger partial charge in [0.1, 0.15) is 11.4 Å². The number of fused-ring (bicyclic) bond motifs is 3. The van der Waals surface area contributed by atoms with E-state index in [1.54, 1.807) is 30.5 Å². The number of aromatic nitrogens is 4. The number of rotatable bonds is 4. The topological polar surface area (TPSA) is 133 Å². The Morgan fingerprint density at radius 1 is 1.17 bits per heavy atom. The van der Waals surface area contributed by atoms with Crippen LogP contribution in [0.4, 0.5) is 11.6 Å². The van der Waals surface area contributed by atoms with Crippen molar-refractivity contribution in [3.05, 3.63) is 52.8 Å². The van der Waals surface area contributed by atoms with Crippen molar-refractivity contribution >= 4 is 23.5 Å². The van der Waals surface area contributed by atoms with E-state index < -0.39 is 0 Å². The molecular weight excluding hydrogens is 456 g/mol. The molecule has 36 heavy (non-hydrogen) atoms. The molecule has 0 bridgehead atoms. The van der Waals surface area contributed by atoms with Gasteiger partial charge < -0.3 is 20.9 Å². The molecular formula is C26H34N8O2. The van der Waals surface area contributed by atoms with Crippen LogP contribution in [0.2, 0.25) is 0 Å². The molecule has 1 saturated heterocycles. The minimum atomic E-state index is -0.349. The van der Waals surface area contributed by atoms with Crippen molar-refractivity contribution < 1.29 is 11.0 Å². The van der Waals surface area contributed by atoms with Gasteiger partial charge in [0.05, 0.1) is 5.69 Å². The van der Waals surface area contributed by atoms with Gasteiger partial charge in [-0.3, -0.25) is 14.7 Å². The van der Waals surface area contributed by atoms with Crippen molar-refractivity contribution in [2.75, 3.05) is 38.2 Å². The molecule has 0 atom stereocenters. The van der Waals surface area contributed by atoms with Gasteiger partial charge in [-0.15, -0.1) is 0 Å². The van der Waals surface area contributed by atoms with Crippen LogP contribution in [-0.2, 0) is 11.8 Å². The summed E-state index contributed by atoms with van der Waals surface area (Å²) in [6.07, 6.45) is 4.34. The fourth-order valence-electron chi connectivity index (χ4n) is 5.31. The maximum absolute atomic E-state index is 13.2. The highest BCUT2D eigenvalue weighted by Crippen LogP contribution is 2.42. The Morgan fingerprint density at radius 2 is 1.86 bits per heavy atom. The fourth-order valence-corrected chi connectivity index (χ4v) is 5.31. The van der Waals surface area contributed by atoms with Crippen molar-refractivity contribution in [3.8, 4) is 11.4 Å². The predicted octanol–water partition coefficient (Wildman–Crippen LogP) is 2.95. The van der Waals surface area contributed by atoms with Gasteiger partial charge in [-0.25, -0.2) is 9.97 Å². The van der Waals surface area contributed by atoms with Crippen LogP contribution in [0, 0.1) is 0 Å². The second kappa shape index (κ2) is 9.02. The molecule has 0 saturated carbocycles. The van der Waals surface area contributed by atoms with Crippen molar-refractivity contribution in [1.82, 2.24) is 30.0 Å². The standard InChI is InChI=1S/C26H32N8O2.H2/c1-26(2)13-16-14-28-25(27)30-20(16)21-19(26)22(32-31-21)23(35)29-17-7-5-15(6-8-17)24(36)34-11-9-18(10-12-34)33(3)4;/h5-8,14,18H,9-13H2,1-4H3,(H,29,35)(H,31,32)(H2,27,28,30);1H. The van der Waals surface area contributed by atoms with Crippen LogP contribution in [0.5, 0.6) is 0 Å². The Morgan fingerprint density at radius 3 is 2.53 bits per heavy atom. The van der Waals surface area contributed by atoms with E-state index in [4.69, 9.17) is 5.73 Å². The van der Waals surface area contributed by atoms with Gasteiger partial charge in [0.25, 0.3) is 11.8 Å². The number of benzene rings is 1. The summed E-state index contributed by atoms with van der Waals surface area (Å²) in [5, 5.41) is 10.3. The van der Waals surface area contributed by atoms with Gasteiger partial charge in [0.15, 0.2) is 0 Å². The van der Waals surface area contributed by atoms with E-state index in [2.05, 4.69) is 58.3 Å². The normalized spacial score (nSPS) is 17.0. The third kappa shape index (κ3) is 4.32. The van der Waals surface area contributed by atoms with E-state index in [1.165, 1.54) is 0 Å². The number of piperidine rings is 1. The van der Waals surface area contributed by atoms with Gasteiger partial charge in [-0.1, -0.05) is 13.8 Å². The molecule has 3 aromatic rings. The van der Waals surface area contributed by atoms with Crippen LogP contribution < -0.4 is 11.1 Å². The molecule has 10 heteroatoms. The van der Waals surface area contributed by atoms with Gasteiger partial charge in [0.2, 0.25) is 5.95 Å². The quantitative estimate of drug-likeness (QED) is 0.512. The van der Waals surface area contributed by atoms with E-state index in [-0.39, 0.29) is 24.6 Å². The predicted molar refractivity (Wildman–Crippen MR) is 140 cm³/mol. The molecule has 2 aliphatic rings. The molecule has 2 aromatic heterocycles. The molecule has 0 radical (unpaired) electrons. The van der Waals surface area contributed by atoms with Crippen molar-refractivity contribution in [2.24, 2.45) is 0 Å². The van der Waals surface area contributed by atoms with E-state index in [1.807, 2.05) is 4.90 Å². The number of carbonyl (C=O) groups is 2. The number of nitrogens with one attached hydrogen (secondary N) is 2. The lowest BCUT2D eigenvalue weighted by atomic mass is 9.73. The molecule has 5 rings (SSSR count). The summed E-state index contributed by atoms with van der Waals surface area (Å²) in [4.78, 5) is 38.8. The Balaban J connectivity index is 0.00000320. The number of carbonyl (C=O) groups excluding carboxylic acids is 2. The molecule has 2 amide bonds. The minimum Gasteiger partial charge on any atom is -0.368 e. The molecule has 1 aliphatic carbocycles. The number of H-pyrrole nitrogens is 1. The minimum absolute atomic E-state index is 0. The van der Waals surface area contributed by atoms with Crippen LogP contribution in [0.25, 0.3) is 11.4 Å². The van der Waals surface area contributed by atoms with Crippen LogP contribution >= 0.6 is 0 Å². The number of likely N-dealkylation sites (tertiary alicyclic amines) is 1. The average Bonchev–Trinajstić information content (AvgIpc) is 3.32. The number of nitrogens with two attached hydrogens (primary N) is 1. The third-order valence-corrected chi connectivity index (χ3v) is 7.28. The number of anilines is 2. The molecule has 0 unspecified atom stereocenters. The molecule has 1 aliphatic heterocycles. The van der Waals surface area contributed by atoms with Crippen molar-refractivity contribution in [3.63, 3.8) is 0 Å². The first-order chi connectivity index (χ1) is 17.1. The highest BCUT2D eigenvalue weighted by molar-refractivity contribution is 6.05. The Hall–Kier alpha value is -3.79. The monoisotopic (exact) mass is 490 g/mol. The molecule has 4 N–H and O–H groups in total. The summed E-state index contributed by atoms with van der Waals surface area (Å²) >= 11 is 0. The first-order valence-corrected chi connectivity index (χ1v) is 12.2. The Kier molecular flexibility index (Phi) is 5.99. The van der Waals surface area contributed by atoms with Gasteiger partial charge in [-0.2, -0.15) is 5.10 Å². The zero-order chi connectivity index (χ0) is 25.6. The maximum Gasteiger partial charge on any atom is 0.273 e. The summed E-state index contributed by atoms with van der Waals surface area (Å²) in [5.41, 5.74) is 10.1. The second-order valence-corrected chi connectivity index (χ2v) is 10.5. The van der Waals surface area contributed by atoms with Gasteiger partial charge in [0, 0.05) is 43.6 Å². The second-order valence-electron chi connectivity index (χ2n) is 10.5. The molecule has 3 heterocycles. The number of nitrogens with zero attached hydrogens (tertiary/aromatic N) is 5. The number of amides is 2. The number of hydrogen-bond acceptors (Lipinski definition) is 7. The van der Waals surface area contributed by atoms with E-state index in [0.717, 1.165) is 37.1 Å². The summed E-state index contributed by atoms with van der Waals surface area (Å²) in [6.45, 7) is 5.64. The highest BCUT2D eigenvalue weighted by atomic mass is 16.2. The maximum atomic E-state index is 13.2. The fraction of sp³-hybridized carbons (Fsp3) is 0.423. The van der Waals surface area contributed by atoms with Gasteiger partial charge in [-0.05, 0) is 68.6 Å². The first-order valence-electron chi connectivity index (χ1n) is 12.2. The van der Waals surface area contributed by atoms with Crippen LogP contribution in [0.3, 0.4) is 0 Å². The zero-order valence-corrected chi connectivity index (χ0v) is 21.1. The van der Waals surface area contributed by atoms with Crippen molar-refractivity contribution in [1.29, 1.82) is 0 Å². The summed E-state index contributed by atoms with van der Waals surface area (Å²) in [6, 6.07) is 7.56. The van der Waals surface area contributed by atoms with Crippen molar-refractivity contribution in [2.45, 2.75) is 44.6 Å². The number of aromatic amines is 1. The lowest BCUT2D eigenvalue weighted by Gasteiger charge is -2.35. The molecule has 10 nitrogen and oxygen atoms in total. The Bertz CT molecular complexity index is 1310. The zero-order valence-electron chi connectivity index (χ0n) is 21.1. The number of hydrogen-bond donors (Lipinski definition) is 3. The SMILES string of the molecule is CN(C)C1CCN(C(=O)c2ccc(NC(=O)c3[nH]nc4c3C(C)(C)Cc3cnc(N)nc3-4)cc2)CC1.[HH]. The van der Waals surface area contributed by atoms with Crippen LogP contribution in [0.1, 0.15) is 60.1 Å². The van der Waals surface area contributed by atoms with E-state index in [0.29, 0.717) is 40.8 Å². The van der Waals surface area contributed by atoms with E-state index >= 15 is 0 Å². The largest absolute Gasteiger partial charge is 0.368 e. The smallest absolute Gasteiger partial charge is 0.273 e. The average molecular weight is 491 g/mol. The summed E-state index contributed by atoms with van der Waals surface area (Å²) in [7, 11) is 4.16. The lowest BCUT2D eigenvalue weighted by molar-refractivity contribution is 0.0663. The molecule has 1 fully saturated rings. The first kappa shape index (κ1) is 23.9. The van der Waals surface area contributed by atoms with Crippen LogP contribution in [0.15, 0.2) is 30.5 Å². The summed E-state index contributed by atoms with van der Waals surface area (Å²) < 4.78 is 0. The molecule has 0 spiro atoms. The van der Waals surface area contributed by atoms with E-state index in [9.17, 15) is 9.59 Å². The lowest BCUT2D eigenvalue weighted by Crippen LogP contribution is -2.44. The highest BCUT2D eigenvalue weighted by Gasteiger charge is 2.38. The molecule has 190 valence electrons. The molecule has 1 aromatic carbocycles.